The van der Waals surface area contributed by atoms with Gasteiger partial charge in [0.1, 0.15) is 0 Å². The van der Waals surface area contributed by atoms with Gasteiger partial charge in [0.05, 0.1) is 0 Å². The molecule has 1 N–H and O–H groups in total. The van der Waals surface area contributed by atoms with Gasteiger partial charge in [0.25, 0.3) is 0 Å². The first-order chi connectivity index (χ1) is 3.18. The summed E-state index contributed by atoms with van der Waals surface area (Å²) in [7, 11) is 0. The van der Waals surface area contributed by atoms with Gasteiger partial charge in [-0.2, -0.15) is 8.97 Å². The molecule has 4 nitrogen and oxygen atoms in total. The molecule has 0 aromatic rings. The van der Waals surface area contributed by atoms with Gasteiger partial charge in [-0.1, -0.05) is 0 Å². The number of carbonyl (C=O) groups excluding carboxylic acids is 1. The fourth-order valence-electron chi connectivity index (χ4n) is 0.0365. The monoisotopic (exact) mass is 141 g/mol. The molecule has 0 rings (SSSR count). The zero-order chi connectivity index (χ0) is 5.86. The first-order valence-corrected chi connectivity index (χ1v) is 2.01. The van der Waals surface area contributed by atoms with E-state index in [1.165, 1.54) is 0 Å². The Morgan fingerprint density at radius 3 is 2.14 bits per heavy atom. The van der Waals surface area contributed by atoms with Crippen LogP contribution in [0.5, 0.6) is 0 Å². The predicted octanol–water partition coefficient (Wildman–Crippen LogP) is 0.588. The quantitative estimate of drug-likeness (QED) is 0.263. The first-order valence-electron chi connectivity index (χ1n) is 1.21. The summed E-state index contributed by atoms with van der Waals surface area (Å²) >= 11 is 6.67. The second kappa shape index (κ2) is 3.00. The zero-order valence-electron chi connectivity index (χ0n) is 3.11. The molecule has 0 radical (unpaired) electrons. The molecule has 0 unspecified atom stereocenters. The van der Waals surface area contributed by atoms with Crippen molar-refractivity contribution in [3.8, 4) is 0 Å². The molecule has 7 heavy (non-hydrogen) atoms. The summed E-state index contributed by atoms with van der Waals surface area (Å²) in [5.74, 6) is 0. The summed E-state index contributed by atoms with van der Waals surface area (Å²) in [6.07, 6.45) is -1.04. The summed E-state index contributed by atoms with van der Waals surface area (Å²) in [6, 6.07) is 0. The van der Waals surface area contributed by atoms with Gasteiger partial charge in [0.15, 0.2) is 0 Å². The Balaban J connectivity index is 3.35. The standard InChI is InChI=1S/CH3NO3S2/c3-1(5-4)2(6)7/h4,6-7H. The van der Waals surface area contributed by atoms with Crippen molar-refractivity contribution in [3.63, 3.8) is 0 Å². The summed E-state index contributed by atoms with van der Waals surface area (Å²) in [5.41, 5.74) is 0. The molecule has 0 spiro atoms. The van der Waals surface area contributed by atoms with Crippen LogP contribution in [0.25, 0.3) is 0 Å². The third-order valence-corrected chi connectivity index (χ3v) is 0.568. The van der Waals surface area contributed by atoms with E-state index in [1.54, 1.807) is 0 Å². The first kappa shape index (κ1) is 6.93. The molecule has 0 aliphatic heterocycles. The highest BCUT2D eigenvalue weighted by molar-refractivity contribution is 7.94. The third-order valence-electron chi connectivity index (χ3n) is 0.241. The highest BCUT2D eigenvalue weighted by Gasteiger charge is 2.03. The highest BCUT2D eigenvalue weighted by Crippen LogP contribution is 1.97. The Morgan fingerprint density at radius 1 is 1.71 bits per heavy atom. The molecule has 0 aliphatic rings. The maximum atomic E-state index is 9.81. The summed E-state index contributed by atoms with van der Waals surface area (Å²) in [5, 5.41) is 7.52. The average molecular weight is 141 g/mol. The van der Waals surface area contributed by atoms with E-state index in [2.05, 4.69) is 30.5 Å². The fraction of sp³-hybridized carbons (Fsp3) is 0. The van der Waals surface area contributed by atoms with Crippen LogP contribution in [-0.4, -0.2) is 15.1 Å². The van der Waals surface area contributed by atoms with E-state index >= 15 is 0 Å². The van der Waals surface area contributed by atoms with Gasteiger partial charge in [-0.05, 0) is 25.6 Å². The van der Waals surface area contributed by atoms with E-state index < -0.39 is 6.09 Å². The van der Waals surface area contributed by atoms with Gasteiger partial charge in [-0.25, -0.2) is 4.79 Å². The van der Waals surface area contributed by atoms with Crippen molar-refractivity contribution in [2.45, 2.75) is 0 Å². The van der Waals surface area contributed by atoms with Crippen LogP contribution >= 0.6 is 25.6 Å². The lowest BCUT2D eigenvalue weighted by atomic mass is 11.3. The Bertz CT molecular complexity index is 73.3. The minimum Gasteiger partial charge on any atom is -0.277 e. The smallest absolute Gasteiger partial charge is 0.277 e. The maximum absolute atomic E-state index is 9.81. The molecule has 0 bridgehead atoms. The number of nitrogens with zero attached hydrogens (tertiary/aromatic N) is 1. The van der Waals surface area contributed by atoms with E-state index in [9.17, 15) is 4.79 Å². The van der Waals surface area contributed by atoms with Crippen molar-refractivity contribution in [1.82, 2.24) is 3.71 Å². The number of thiol groups is 2. The van der Waals surface area contributed by atoms with E-state index in [4.69, 9.17) is 5.26 Å². The van der Waals surface area contributed by atoms with Gasteiger partial charge in [-0.15, -0.1) is 0 Å². The topological polar surface area (TPSA) is 49.8 Å². The minimum absolute atomic E-state index is 0.500. The number of carbonyl (C=O) groups is 1. The number of amides is 1. The van der Waals surface area contributed by atoms with Crippen molar-refractivity contribution < 1.29 is 14.9 Å². The summed E-state index contributed by atoms with van der Waals surface area (Å²) in [6.45, 7) is 0. The fourth-order valence-corrected chi connectivity index (χ4v) is 0.110. The normalized spacial score (nSPS) is 7.86. The Morgan fingerprint density at radius 2 is 2.14 bits per heavy atom. The Kier molecular flexibility index (Phi) is 2.97. The van der Waals surface area contributed by atoms with Crippen molar-refractivity contribution in [2.24, 2.45) is 0 Å². The van der Waals surface area contributed by atoms with Crippen LogP contribution in [-0.2, 0) is 4.89 Å². The predicted molar refractivity (Wildman–Crippen MR) is 28.9 cm³/mol. The zero-order valence-corrected chi connectivity index (χ0v) is 4.89. The molecular weight excluding hydrogens is 138 g/mol. The van der Waals surface area contributed by atoms with Crippen LogP contribution in [0.1, 0.15) is 0 Å². The minimum atomic E-state index is -1.04. The molecule has 6 heteroatoms. The molecule has 1 amide bonds. The van der Waals surface area contributed by atoms with Crippen LogP contribution < -0.4 is 0 Å². The molecule has 0 aromatic carbocycles. The number of hydrogen-bond donors (Lipinski definition) is 3. The van der Waals surface area contributed by atoms with Crippen LogP contribution in [0.15, 0.2) is 0 Å². The Hall–Kier alpha value is -0.0700. The lowest BCUT2D eigenvalue weighted by Gasteiger charge is -1.99. The van der Waals surface area contributed by atoms with E-state index in [1.807, 2.05) is 0 Å². The largest absolute Gasteiger partial charge is 0.461 e. The van der Waals surface area contributed by atoms with Gasteiger partial charge >= 0.3 is 6.09 Å². The molecule has 0 aliphatic carbocycles. The SMILES string of the molecule is O=C(OO)N(S)S. The third kappa shape index (κ3) is 2.60. The lowest BCUT2D eigenvalue weighted by Crippen LogP contribution is -2.10. The maximum Gasteiger partial charge on any atom is 0.461 e. The van der Waals surface area contributed by atoms with Gasteiger partial charge in [0.2, 0.25) is 0 Å². The molecular formula is CH3NO3S2. The van der Waals surface area contributed by atoms with E-state index in [0.29, 0.717) is 3.71 Å². The van der Waals surface area contributed by atoms with Crippen LogP contribution in [0.3, 0.4) is 0 Å². The van der Waals surface area contributed by atoms with Crippen LogP contribution in [0.2, 0.25) is 0 Å². The second-order valence-corrected chi connectivity index (χ2v) is 1.76. The molecule has 42 valence electrons. The molecule has 0 saturated carbocycles. The molecule has 0 aromatic heterocycles. The molecule has 0 saturated heterocycles. The molecule has 0 fully saturated rings. The number of rotatable bonds is 0. The number of hydrogen-bond acceptors (Lipinski definition) is 5. The Labute approximate surface area is 51.1 Å². The van der Waals surface area contributed by atoms with Crippen LogP contribution in [0, 0.1) is 0 Å². The average Bonchev–Trinajstić information content (AvgIpc) is 1.65. The molecule has 0 atom stereocenters. The van der Waals surface area contributed by atoms with Crippen molar-refractivity contribution >= 4 is 31.7 Å². The second-order valence-electron chi connectivity index (χ2n) is 0.647. The van der Waals surface area contributed by atoms with Crippen LogP contribution in [0.4, 0.5) is 4.79 Å². The van der Waals surface area contributed by atoms with E-state index in [0.717, 1.165) is 0 Å². The molecule has 0 heterocycles. The van der Waals surface area contributed by atoms with Gasteiger partial charge in [0, 0.05) is 0 Å². The van der Waals surface area contributed by atoms with Crippen molar-refractivity contribution in [2.75, 3.05) is 0 Å². The highest BCUT2D eigenvalue weighted by atomic mass is 32.2. The van der Waals surface area contributed by atoms with Gasteiger partial charge in [-0.3, -0.25) is 4.89 Å². The van der Waals surface area contributed by atoms with E-state index in [-0.39, 0.29) is 0 Å². The summed E-state index contributed by atoms with van der Waals surface area (Å²) in [4.78, 5) is 13.0. The van der Waals surface area contributed by atoms with Gasteiger partial charge < -0.3 is 0 Å². The van der Waals surface area contributed by atoms with Crippen molar-refractivity contribution in [1.29, 1.82) is 0 Å². The van der Waals surface area contributed by atoms with Crippen molar-refractivity contribution in [3.05, 3.63) is 0 Å². The summed E-state index contributed by atoms with van der Waals surface area (Å²) < 4.78 is 0.500. The lowest BCUT2D eigenvalue weighted by molar-refractivity contribution is -0.179.